The van der Waals surface area contributed by atoms with Crippen LogP contribution >= 0.6 is 11.3 Å². The summed E-state index contributed by atoms with van der Waals surface area (Å²) in [6.45, 7) is -0.251. The van der Waals surface area contributed by atoms with Gasteiger partial charge in [-0.3, -0.25) is 19.7 Å². The van der Waals surface area contributed by atoms with Gasteiger partial charge >= 0.3 is 11.9 Å². The molecule has 30 heavy (non-hydrogen) atoms. The maximum absolute atomic E-state index is 12.8. The minimum Gasteiger partial charge on any atom is -0.468 e. The summed E-state index contributed by atoms with van der Waals surface area (Å²) in [5, 5.41) is 11.1. The van der Waals surface area contributed by atoms with E-state index in [2.05, 4.69) is 4.99 Å². The summed E-state index contributed by atoms with van der Waals surface area (Å²) < 4.78 is 11.3. The van der Waals surface area contributed by atoms with Crippen LogP contribution in [0.1, 0.15) is 20.7 Å². The van der Waals surface area contributed by atoms with E-state index in [9.17, 15) is 24.5 Å². The summed E-state index contributed by atoms with van der Waals surface area (Å²) in [6, 6.07) is 10.1. The van der Waals surface area contributed by atoms with Crippen molar-refractivity contribution in [1.82, 2.24) is 4.57 Å². The van der Waals surface area contributed by atoms with Crippen LogP contribution < -0.4 is 4.80 Å². The van der Waals surface area contributed by atoms with Crippen LogP contribution in [-0.2, 0) is 20.8 Å². The van der Waals surface area contributed by atoms with Crippen molar-refractivity contribution in [3.63, 3.8) is 0 Å². The summed E-state index contributed by atoms with van der Waals surface area (Å²) in [5.74, 6) is -2.00. The number of non-ortho nitro benzene ring substituents is 1. The molecule has 0 saturated carbocycles. The summed E-state index contributed by atoms with van der Waals surface area (Å²) in [7, 11) is 2.42. The van der Waals surface area contributed by atoms with E-state index < -0.39 is 22.8 Å². The zero-order chi connectivity index (χ0) is 21.8. The first kappa shape index (κ1) is 20.9. The van der Waals surface area contributed by atoms with Gasteiger partial charge in [0, 0.05) is 12.1 Å². The first-order valence-corrected chi connectivity index (χ1v) is 9.28. The second-order valence-electron chi connectivity index (χ2n) is 5.91. The Morgan fingerprint density at radius 1 is 1.10 bits per heavy atom. The lowest BCUT2D eigenvalue weighted by molar-refractivity contribution is -0.384. The fraction of sp³-hybridized carbons (Fsp3) is 0.158. The fourth-order valence-corrected chi connectivity index (χ4v) is 3.77. The van der Waals surface area contributed by atoms with E-state index in [4.69, 9.17) is 9.47 Å². The van der Waals surface area contributed by atoms with Gasteiger partial charge < -0.3 is 14.0 Å². The van der Waals surface area contributed by atoms with E-state index in [1.807, 2.05) is 0 Å². The molecule has 1 aromatic heterocycles. The Bertz CT molecular complexity index is 1240. The molecule has 3 rings (SSSR count). The van der Waals surface area contributed by atoms with E-state index >= 15 is 0 Å². The molecule has 11 heteroatoms. The first-order chi connectivity index (χ1) is 14.3. The zero-order valence-electron chi connectivity index (χ0n) is 15.9. The van der Waals surface area contributed by atoms with Gasteiger partial charge in [0.25, 0.3) is 11.6 Å². The van der Waals surface area contributed by atoms with Gasteiger partial charge in [0.05, 0.1) is 40.5 Å². The number of ether oxygens (including phenoxy) is 2. The Balaban J connectivity index is 2.19. The molecule has 0 radical (unpaired) electrons. The SMILES string of the molecule is COC(=O)Cn1c(=NC(=O)c2ccccc2C(=O)OC)sc2cc([N+](=O)[O-])ccc21. The van der Waals surface area contributed by atoms with Gasteiger partial charge in [-0.05, 0) is 18.2 Å². The topological polar surface area (TPSA) is 130 Å². The minimum absolute atomic E-state index is 0.0254. The van der Waals surface area contributed by atoms with Crippen LogP contribution in [0.5, 0.6) is 0 Å². The smallest absolute Gasteiger partial charge is 0.338 e. The third kappa shape index (κ3) is 4.10. The normalized spacial score (nSPS) is 11.3. The zero-order valence-corrected chi connectivity index (χ0v) is 16.7. The molecule has 0 unspecified atom stereocenters. The maximum atomic E-state index is 12.8. The molecule has 0 aliphatic heterocycles. The van der Waals surface area contributed by atoms with Crippen LogP contribution in [0.15, 0.2) is 47.5 Å². The number of carbonyl (C=O) groups excluding carboxylic acids is 3. The van der Waals surface area contributed by atoms with Crippen LogP contribution in [0.2, 0.25) is 0 Å². The number of thiazole rings is 1. The van der Waals surface area contributed by atoms with Gasteiger partial charge in [-0.25, -0.2) is 4.79 Å². The molecule has 154 valence electrons. The lowest BCUT2D eigenvalue weighted by atomic mass is 10.1. The number of nitrogens with zero attached hydrogens (tertiary/aromatic N) is 3. The predicted octanol–water partition coefficient (Wildman–Crippen LogP) is 2.31. The average molecular weight is 429 g/mol. The monoisotopic (exact) mass is 429 g/mol. The van der Waals surface area contributed by atoms with Gasteiger partial charge in [0.15, 0.2) is 4.80 Å². The van der Waals surface area contributed by atoms with Gasteiger partial charge in [0.2, 0.25) is 0 Å². The number of carbonyl (C=O) groups is 3. The molecule has 2 aromatic carbocycles. The molecule has 0 fully saturated rings. The van der Waals surface area contributed by atoms with E-state index in [0.717, 1.165) is 11.3 Å². The van der Waals surface area contributed by atoms with E-state index in [1.165, 1.54) is 49.1 Å². The minimum atomic E-state index is -0.726. The molecular formula is C19H15N3O7S. The van der Waals surface area contributed by atoms with Gasteiger partial charge in [0.1, 0.15) is 6.54 Å². The van der Waals surface area contributed by atoms with Crippen molar-refractivity contribution < 1.29 is 28.8 Å². The van der Waals surface area contributed by atoms with E-state index in [-0.39, 0.29) is 28.2 Å². The molecular weight excluding hydrogens is 414 g/mol. The van der Waals surface area contributed by atoms with Crippen molar-refractivity contribution >= 4 is 45.1 Å². The van der Waals surface area contributed by atoms with Gasteiger partial charge in [-0.2, -0.15) is 4.99 Å². The molecule has 0 aliphatic carbocycles. The number of benzene rings is 2. The third-order valence-electron chi connectivity index (χ3n) is 4.15. The number of rotatable bonds is 5. The van der Waals surface area contributed by atoms with E-state index in [0.29, 0.717) is 10.2 Å². The Morgan fingerprint density at radius 3 is 2.43 bits per heavy atom. The quantitative estimate of drug-likeness (QED) is 0.345. The molecule has 1 amide bonds. The maximum Gasteiger partial charge on any atom is 0.338 e. The number of methoxy groups -OCH3 is 2. The number of aromatic nitrogens is 1. The first-order valence-electron chi connectivity index (χ1n) is 8.46. The molecule has 0 spiro atoms. The van der Waals surface area contributed by atoms with Crippen molar-refractivity contribution in [2.45, 2.75) is 6.54 Å². The van der Waals surface area contributed by atoms with Crippen LogP contribution in [0, 0.1) is 10.1 Å². The molecule has 3 aromatic rings. The molecule has 0 saturated heterocycles. The predicted molar refractivity (Wildman–Crippen MR) is 106 cm³/mol. The second-order valence-corrected chi connectivity index (χ2v) is 6.92. The van der Waals surface area contributed by atoms with Crippen molar-refractivity contribution in [1.29, 1.82) is 0 Å². The summed E-state index contributed by atoms with van der Waals surface area (Å²) in [5.41, 5.74) is 0.411. The standard InChI is InChI=1S/C19H15N3O7S/c1-28-16(23)10-21-14-8-7-11(22(26)27)9-15(14)30-19(21)20-17(24)12-5-3-4-6-13(12)18(25)29-2/h3-9H,10H2,1-2H3. The van der Waals surface area contributed by atoms with Crippen molar-refractivity contribution in [2.24, 2.45) is 4.99 Å². The highest BCUT2D eigenvalue weighted by molar-refractivity contribution is 7.16. The summed E-state index contributed by atoms with van der Waals surface area (Å²) in [4.78, 5) is 51.3. The largest absolute Gasteiger partial charge is 0.468 e. The molecule has 0 atom stereocenters. The molecule has 1 heterocycles. The average Bonchev–Trinajstić information content (AvgIpc) is 3.08. The third-order valence-corrected chi connectivity index (χ3v) is 5.19. The second kappa shape index (κ2) is 8.66. The highest BCUT2D eigenvalue weighted by Crippen LogP contribution is 2.23. The highest BCUT2D eigenvalue weighted by Gasteiger charge is 2.19. The number of fused-ring (bicyclic) bond motifs is 1. The lowest BCUT2D eigenvalue weighted by Crippen LogP contribution is -2.22. The Labute approximate surface area is 173 Å². The Hall–Kier alpha value is -3.86. The molecule has 0 aliphatic rings. The summed E-state index contributed by atoms with van der Waals surface area (Å²) >= 11 is 0.998. The fourth-order valence-electron chi connectivity index (χ4n) is 2.71. The molecule has 0 bridgehead atoms. The van der Waals surface area contributed by atoms with Gasteiger partial charge in [-0.15, -0.1) is 0 Å². The van der Waals surface area contributed by atoms with Crippen LogP contribution in [0.4, 0.5) is 5.69 Å². The lowest BCUT2D eigenvalue weighted by Gasteiger charge is -2.05. The number of hydrogen-bond acceptors (Lipinski definition) is 8. The summed E-state index contributed by atoms with van der Waals surface area (Å²) in [6.07, 6.45) is 0. The molecule has 10 nitrogen and oxygen atoms in total. The number of nitro benzene ring substituents is 1. The number of esters is 2. The van der Waals surface area contributed by atoms with E-state index in [1.54, 1.807) is 12.1 Å². The van der Waals surface area contributed by atoms with Crippen LogP contribution in [0.3, 0.4) is 0 Å². The van der Waals surface area contributed by atoms with Crippen molar-refractivity contribution in [2.75, 3.05) is 14.2 Å². The van der Waals surface area contributed by atoms with Gasteiger partial charge in [-0.1, -0.05) is 23.5 Å². The Kier molecular flexibility index (Phi) is 6.02. The number of nitro groups is 1. The molecule has 0 N–H and O–H groups in total. The number of amides is 1. The van der Waals surface area contributed by atoms with Crippen molar-refractivity contribution in [3.05, 3.63) is 68.5 Å². The van der Waals surface area contributed by atoms with Crippen molar-refractivity contribution in [3.8, 4) is 0 Å². The van der Waals surface area contributed by atoms with Crippen LogP contribution in [0.25, 0.3) is 10.2 Å². The Morgan fingerprint density at radius 2 is 1.80 bits per heavy atom. The van der Waals surface area contributed by atoms with Crippen LogP contribution in [-0.4, -0.2) is 41.6 Å². The number of hydrogen-bond donors (Lipinski definition) is 0. The highest BCUT2D eigenvalue weighted by atomic mass is 32.1.